The number of primary amides is 1. The van der Waals surface area contributed by atoms with E-state index in [1.807, 2.05) is 13.8 Å². The van der Waals surface area contributed by atoms with Crippen molar-refractivity contribution in [1.29, 1.82) is 0 Å². The highest BCUT2D eigenvalue weighted by Crippen LogP contribution is 2.37. The van der Waals surface area contributed by atoms with E-state index in [9.17, 15) is 19.2 Å². The van der Waals surface area contributed by atoms with Crippen molar-refractivity contribution in [3.05, 3.63) is 41.5 Å². The molecular formula is C27H37N3O5. The van der Waals surface area contributed by atoms with Gasteiger partial charge in [-0.25, -0.2) is 0 Å². The van der Waals surface area contributed by atoms with Crippen LogP contribution in [-0.4, -0.2) is 42.9 Å². The molecule has 1 heterocycles. The molecule has 0 radical (unpaired) electrons. The summed E-state index contributed by atoms with van der Waals surface area (Å²) >= 11 is 0. The number of rotatable bonds is 10. The van der Waals surface area contributed by atoms with Crippen LogP contribution in [0.25, 0.3) is 0 Å². The topological polar surface area (TPSA) is 119 Å². The molecule has 3 rings (SSSR count). The molecule has 0 saturated carbocycles. The average molecular weight is 484 g/mol. The number of nitrogens with two attached hydrogens (primary N) is 1. The number of allylic oxidation sites excluding steroid dienone is 2. The SMILES string of the molecule is CC1=CC[C@@H](C(=O)O[C@H]2C(=O)N(c3ccc(C(=O)NCCCCCC(N)=O)cc3)CC2(C)C)CC1. The number of carbonyl (C=O) groups is 4. The van der Waals surface area contributed by atoms with Crippen molar-refractivity contribution in [2.45, 2.75) is 71.8 Å². The first kappa shape index (κ1) is 26.4. The second kappa shape index (κ2) is 11.5. The second-order valence-corrected chi connectivity index (χ2v) is 10.3. The van der Waals surface area contributed by atoms with E-state index in [0.29, 0.717) is 43.6 Å². The molecule has 0 aromatic heterocycles. The minimum absolute atomic E-state index is 0.192. The number of ether oxygens (including phenoxy) is 1. The summed E-state index contributed by atoms with van der Waals surface area (Å²) in [6, 6.07) is 6.87. The largest absolute Gasteiger partial charge is 0.451 e. The van der Waals surface area contributed by atoms with Gasteiger partial charge < -0.3 is 20.7 Å². The number of carbonyl (C=O) groups excluding carboxylic acids is 4. The number of hydrogen-bond donors (Lipinski definition) is 2. The molecule has 1 saturated heterocycles. The van der Waals surface area contributed by atoms with E-state index in [1.54, 1.807) is 29.2 Å². The van der Waals surface area contributed by atoms with Crippen LogP contribution in [-0.2, 0) is 19.1 Å². The van der Waals surface area contributed by atoms with Gasteiger partial charge in [-0.2, -0.15) is 0 Å². The first-order valence-corrected chi connectivity index (χ1v) is 12.4. The zero-order chi connectivity index (χ0) is 25.6. The number of anilines is 1. The van der Waals surface area contributed by atoms with Crippen molar-refractivity contribution in [1.82, 2.24) is 5.32 Å². The third kappa shape index (κ3) is 6.93. The molecule has 190 valence electrons. The van der Waals surface area contributed by atoms with Gasteiger partial charge in [0.1, 0.15) is 0 Å². The Kier molecular flexibility index (Phi) is 8.70. The van der Waals surface area contributed by atoms with E-state index >= 15 is 0 Å². The zero-order valence-electron chi connectivity index (χ0n) is 21.0. The van der Waals surface area contributed by atoms with Gasteiger partial charge in [0.2, 0.25) is 5.91 Å². The molecule has 1 aliphatic heterocycles. The lowest BCUT2D eigenvalue weighted by atomic mass is 9.88. The van der Waals surface area contributed by atoms with E-state index < -0.39 is 11.5 Å². The smallest absolute Gasteiger partial charge is 0.310 e. The second-order valence-electron chi connectivity index (χ2n) is 10.3. The molecule has 0 bridgehead atoms. The van der Waals surface area contributed by atoms with Crippen LogP contribution in [0.5, 0.6) is 0 Å². The third-order valence-electron chi connectivity index (χ3n) is 6.80. The zero-order valence-corrected chi connectivity index (χ0v) is 21.0. The van der Waals surface area contributed by atoms with Crippen molar-refractivity contribution in [3.8, 4) is 0 Å². The molecule has 35 heavy (non-hydrogen) atoms. The molecule has 2 aliphatic rings. The van der Waals surface area contributed by atoms with Crippen molar-refractivity contribution in [2.75, 3.05) is 18.0 Å². The number of benzene rings is 1. The number of nitrogens with one attached hydrogen (secondary N) is 1. The number of unbranched alkanes of at least 4 members (excludes halogenated alkanes) is 2. The maximum atomic E-state index is 13.2. The van der Waals surface area contributed by atoms with Crippen LogP contribution >= 0.6 is 0 Å². The Morgan fingerprint density at radius 1 is 1.14 bits per heavy atom. The van der Waals surface area contributed by atoms with E-state index in [4.69, 9.17) is 10.5 Å². The Bertz CT molecular complexity index is 983. The lowest BCUT2D eigenvalue weighted by Gasteiger charge is -2.26. The molecule has 3 N–H and O–H groups in total. The molecule has 0 unspecified atom stereocenters. The van der Waals surface area contributed by atoms with Crippen LogP contribution in [0.3, 0.4) is 0 Å². The predicted octanol–water partition coefficient (Wildman–Crippen LogP) is 3.49. The quantitative estimate of drug-likeness (QED) is 0.300. The van der Waals surface area contributed by atoms with Gasteiger partial charge >= 0.3 is 5.97 Å². The standard InChI is InChI=1S/C27H37N3O5/c1-18-8-10-20(11-9-18)26(34)35-23-25(33)30(17-27(23,2)3)21-14-12-19(13-15-21)24(32)29-16-6-4-5-7-22(28)31/h8,12-15,20,23H,4-7,9-11,16-17H2,1-3H3,(H2,28,31)(H,29,32)/t20-,23+/m1/s1. The Morgan fingerprint density at radius 3 is 2.49 bits per heavy atom. The fraction of sp³-hybridized carbons (Fsp3) is 0.556. The highest BCUT2D eigenvalue weighted by molar-refractivity contribution is 6.01. The lowest BCUT2D eigenvalue weighted by molar-refractivity contribution is -0.162. The molecule has 1 fully saturated rings. The van der Waals surface area contributed by atoms with Crippen LogP contribution in [0.15, 0.2) is 35.9 Å². The normalized spacial score (nSPS) is 21.4. The van der Waals surface area contributed by atoms with Crippen LogP contribution in [0, 0.1) is 11.3 Å². The molecular weight excluding hydrogens is 446 g/mol. The van der Waals surface area contributed by atoms with Gasteiger partial charge in [0, 0.05) is 36.2 Å². The first-order chi connectivity index (χ1) is 16.6. The summed E-state index contributed by atoms with van der Waals surface area (Å²) in [7, 11) is 0. The number of nitrogens with zero attached hydrogens (tertiary/aromatic N) is 1. The summed E-state index contributed by atoms with van der Waals surface area (Å²) in [5.41, 5.74) is 7.04. The molecule has 2 atom stereocenters. The lowest BCUT2D eigenvalue weighted by Crippen LogP contribution is -2.38. The average Bonchev–Trinajstić information content (AvgIpc) is 3.05. The monoisotopic (exact) mass is 483 g/mol. The number of hydrogen-bond acceptors (Lipinski definition) is 5. The van der Waals surface area contributed by atoms with Crippen LogP contribution in [0.1, 0.15) is 76.1 Å². The van der Waals surface area contributed by atoms with Gasteiger partial charge in [0.25, 0.3) is 11.8 Å². The van der Waals surface area contributed by atoms with Crippen LogP contribution < -0.4 is 16.0 Å². The fourth-order valence-corrected chi connectivity index (χ4v) is 4.56. The van der Waals surface area contributed by atoms with Crippen molar-refractivity contribution < 1.29 is 23.9 Å². The maximum absolute atomic E-state index is 13.2. The fourth-order valence-electron chi connectivity index (χ4n) is 4.56. The van der Waals surface area contributed by atoms with Gasteiger partial charge in [0.05, 0.1) is 5.92 Å². The Labute approximate surface area is 207 Å². The van der Waals surface area contributed by atoms with Gasteiger partial charge in [-0.1, -0.05) is 31.9 Å². The van der Waals surface area contributed by atoms with E-state index in [-0.39, 0.29) is 29.6 Å². The highest BCUT2D eigenvalue weighted by atomic mass is 16.6. The van der Waals surface area contributed by atoms with E-state index in [2.05, 4.69) is 18.3 Å². The third-order valence-corrected chi connectivity index (χ3v) is 6.80. The summed E-state index contributed by atoms with van der Waals surface area (Å²) in [4.78, 5) is 50.7. The highest BCUT2D eigenvalue weighted by Gasteiger charge is 2.49. The van der Waals surface area contributed by atoms with Crippen LogP contribution in [0.4, 0.5) is 5.69 Å². The minimum atomic E-state index is -0.834. The number of amides is 3. The summed E-state index contributed by atoms with van der Waals surface area (Å²) in [5, 5.41) is 2.86. The molecule has 1 aromatic carbocycles. The predicted molar refractivity (Wildman–Crippen MR) is 134 cm³/mol. The van der Waals surface area contributed by atoms with Gasteiger partial charge in [-0.3, -0.25) is 19.2 Å². The van der Waals surface area contributed by atoms with Gasteiger partial charge in [-0.05, 0) is 63.3 Å². The Balaban J connectivity index is 1.55. The van der Waals surface area contributed by atoms with Gasteiger partial charge in [-0.15, -0.1) is 0 Å². The molecule has 3 amide bonds. The van der Waals surface area contributed by atoms with Crippen molar-refractivity contribution in [2.24, 2.45) is 17.1 Å². The summed E-state index contributed by atoms with van der Waals surface area (Å²) in [6.45, 7) is 6.86. The molecule has 0 spiro atoms. The molecule has 1 aromatic rings. The van der Waals surface area contributed by atoms with E-state index in [0.717, 1.165) is 25.7 Å². The Morgan fingerprint density at radius 2 is 1.86 bits per heavy atom. The number of esters is 1. The molecule has 8 heteroatoms. The van der Waals surface area contributed by atoms with Crippen molar-refractivity contribution in [3.63, 3.8) is 0 Å². The molecule has 8 nitrogen and oxygen atoms in total. The van der Waals surface area contributed by atoms with E-state index in [1.165, 1.54) is 5.57 Å². The van der Waals surface area contributed by atoms with Crippen molar-refractivity contribution >= 4 is 29.4 Å². The first-order valence-electron chi connectivity index (χ1n) is 12.4. The minimum Gasteiger partial charge on any atom is -0.451 e. The Hall–Kier alpha value is -3.16. The molecule has 1 aliphatic carbocycles. The maximum Gasteiger partial charge on any atom is 0.310 e. The summed E-state index contributed by atoms with van der Waals surface area (Å²) in [5.74, 6) is -1.24. The summed E-state index contributed by atoms with van der Waals surface area (Å²) < 4.78 is 5.76. The van der Waals surface area contributed by atoms with Gasteiger partial charge in [0.15, 0.2) is 6.10 Å². The summed E-state index contributed by atoms with van der Waals surface area (Å²) in [6.07, 6.45) is 6.19. The van der Waals surface area contributed by atoms with Crippen LogP contribution in [0.2, 0.25) is 0 Å².